The van der Waals surface area contributed by atoms with Gasteiger partial charge in [-0.2, -0.15) is 5.10 Å². The zero-order valence-electron chi connectivity index (χ0n) is 9.81. The van der Waals surface area contributed by atoms with Crippen molar-refractivity contribution in [2.45, 2.75) is 0 Å². The van der Waals surface area contributed by atoms with Gasteiger partial charge in [-0.05, 0) is 29.8 Å². The van der Waals surface area contributed by atoms with E-state index in [9.17, 15) is 4.79 Å². The summed E-state index contributed by atoms with van der Waals surface area (Å²) >= 11 is 9.26. The number of nitrogens with one attached hydrogen (secondary N) is 1. The fourth-order valence-electron chi connectivity index (χ4n) is 1.42. The summed E-state index contributed by atoms with van der Waals surface area (Å²) in [6.07, 6.45) is 1.57. The van der Waals surface area contributed by atoms with Crippen molar-refractivity contribution in [2.75, 3.05) is 0 Å². The van der Waals surface area contributed by atoms with Crippen LogP contribution in [0.5, 0.6) is 0 Å². The highest BCUT2D eigenvalue weighted by Crippen LogP contribution is 2.14. The van der Waals surface area contributed by atoms with E-state index < -0.39 is 0 Å². The van der Waals surface area contributed by atoms with Crippen LogP contribution in [0.1, 0.15) is 15.9 Å². The summed E-state index contributed by atoms with van der Waals surface area (Å²) in [7, 11) is 0. The van der Waals surface area contributed by atoms with E-state index in [4.69, 9.17) is 11.6 Å². The van der Waals surface area contributed by atoms with Gasteiger partial charge in [0.1, 0.15) is 0 Å². The maximum Gasteiger partial charge on any atom is 0.272 e. The Morgan fingerprint density at radius 2 is 1.84 bits per heavy atom. The highest BCUT2D eigenvalue weighted by molar-refractivity contribution is 9.10. The maximum atomic E-state index is 11.8. The first-order valence-electron chi connectivity index (χ1n) is 5.50. The number of rotatable bonds is 3. The van der Waals surface area contributed by atoms with Crippen LogP contribution in [0, 0.1) is 0 Å². The molecule has 0 aliphatic rings. The molecule has 0 aliphatic carbocycles. The highest BCUT2D eigenvalue weighted by Gasteiger charge is 2.07. The largest absolute Gasteiger partial charge is 0.272 e. The van der Waals surface area contributed by atoms with Gasteiger partial charge in [0.2, 0.25) is 0 Å². The summed E-state index contributed by atoms with van der Waals surface area (Å²) in [4.78, 5) is 11.8. The van der Waals surface area contributed by atoms with Crippen LogP contribution in [-0.2, 0) is 0 Å². The molecule has 0 bridgehead atoms. The molecule has 19 heavy (non-hydrogen) atoms. The van der Waals surface area contributed by atoms with Crippen LogP contribution in [0.3, 0.4) is 0 Å². The molecule has 0 heterocycles. The van der Waals surface area contributed by atoms with Gasteiger partial charge < -0.3 is 0 Å². The zero-order chi connectivity index (χ0) is 13.7. The van der Waals surface area contributed by atoms with E-state index in [-0.39, 0.29) is 5.91 Å². The number of halogens is 2. The molecule has 0 spiro atoms. The van der Waals surface area contributed by atoms with Crippen molar-refractivity contribution in [1.29, 1.82) is 0 Å². The molecule has 0 saturated heterocycles. The van der Waals surface area contributed by atoms with Crippen molar-refractivity contribution < 1.29 is 4.79 Å². The second-order valence-electron chi connectivity index (χ2n) is 3.73. The number of hydrogen-bond donors (Lipinski definition) is 1. The van der Waals surface area contributed by atoms with Gasteiger partial charge in [0, 0.05) is 4.47 Å². The average Bonchev–Trinajstić information content (AvgIpc) is 2.41. The highest BCUT2D eigenvalue weighted by atomic mass is 79.9. The Morgan fingerprint density at radius 1 is 1.16 bits per heavy atom. The van der Waals surface area contributed by atoms with E-state index in [1.165, 1.54) is 0 Å². The average molecular weight is 338 g/mol. The molecule has 0 aliphatic heterocycles. The number of carbonyl (C=O) groups is 1. The summed E-state index contributed by atoms with van der Waals surface area (Å²) in [6.45, 7) is 0. The molecule has 2 aromatic rings. The lowest BCUT2D eigenvalue weighted by molar-refractivity contribution is 0.0955. The van der Waals surface area contributed by atoms with Crippen LogP contribution in [0.25, 0.3) is 0 Å². The molecule has 0 atom stereocenters. The van der Waals surface area contributed by atoms with Crippen molar-refractivity contribution in [3.63, 3.8) is 0 Å². The SMILES string of the molecule is O=C(N/N=C\c1ccc(Br)cc1)c1ccccc1Cl. The van der Waals surface area contributed by atoms with E-state index in [0.29, 0.717) is 10.6 Å². The Morgan fingerprint density at radius 3 is 2.53 bits per heavy atom. The molecule has 3 nitrogen and oxygen atoms in total. The lowest BCUT2D eigenvalue weighted by Gasteiger charge is -2.01. The van der Waals surface area contributed by atoms with Crippen LogP contribution in [-0.4, -0.2) is 12.1 Å². The minimum atomic E-state index is -0.334. The molecular formula is C14H10BrClN2O. The smallest absolute Gasteiger partial charge is 0.267 e. The van der Waals surface area contributed by atoms with Gasteiger partial charge in [0.05, 0.1) is 16.8 Å². The third kappa shape index (κ3) is 3.91. The normalized spacial score (nSPS) is 10.6. The Balaban J connectivity index is 2.01. The maximum absolute atomic E-state index is 11.8. The van der Waals surface area contributed by atoms with Crippen molar-refractivity contribution in [3.8, 4) is 0 Å². The first-order valence-corrected chi connectivity index (χ1v) is 6.67. The van der Waals surface area contributed by atoms with Gasteiger partial charge in [-0.3, -0.25) is 4.79 Å². The van der Waals surface area contributed by atoms with Gasteiger partial charge in [0.15, 0.2) is 0 Å². The third-order valence-electron chi connectivity index (χ3n) is 2.37. The van der Waals surface area contributed by atoms with Crippen LogP contribution in [0.4, 0.5) is 0 Å². The monoisotopic (exact) mass is 336 g/mol. The summed E-state index contributed by atoms with van der Waals surface area (Å²) in [5, 5.41) is 4.29. The lowest BCUT2D eigenvalue weighted by Crippen LogP contribution is -2.17. The molecule has 1 N–H and O–H groups in total. The van der Waals surface area contributed by atoms with E-state index in [1.54, 1.807) is 30.5 Å². The summed E-state index contributed by atoms with van der Waals surface area (Å²) in [6, 6.07) is 14.4. The Kier molecular flexibility index (Phi) is 4.71. The van der Waals surface area contributed by atoms with Gasteiger partial charge in [-0.25, -0.2) is 5.43 Å². The molecule has 5 heteroatoms. The van der Waals surface area contributed by atoms with Crippen molar-refractivity contribution in [1.82, 2.24) is 5.43 Å². The fraction of sp³-hybridized carbons (Fsp3) is 0. The summed E-state index contributed by atoms with van der Waals surface area (Å²) in [5.74, 6) is -0.334. The molecule has 1 amide bonds. The number of nitrogens with zero attached hydrogens (tertiary/aromatic N) is 1. The molecule has 96 valence electrons. The fourth-order valence-corrected chi connectivity index (χ4v) is 1.91. The van der Waals surface area contributed by atoms with E-state index in [0.717, 1.165) is 10.0 Å². The van der Waals surface area contributed by atoms with Gasteiger partial charge in [0.25, 0.3) is 5.91 Å². The second-order valence-corrected chi connectivity index (χ2v) is 5.05. The molecular weight excluding hydrogens is 328 g/mol. The minimum Gasteiger partial charge on any atom is -0.267 e. The van der Waals surface area contributed by atoms with Crippen LogP contribution in [0.15, 0.2) is 58.1 Å². The van der Waals surface area contributed by atoms with E-state index >= 15 is 0 Å². The van der Waals surface area contributed by atoms with Crippen LogP contribution >= 0.6 is 27.5 Å². The van der Waals surface area contributed by atoms with Gasteiger partial charge in [-0.15, -0.1) is 0 Å². The number of hydrazone groups is 1. The molecule has 0 saturated carbocycles. The van der Waals surface area contributed by atoms with Gasteiger partial charge in [-0.1, -0.05) is 51.8 Å². The predicted octanol–water partition coefficient (Wildman–Crippen LogP) is 3.87. The minimum absolute atomic E-state index is 0.334. The lowest BCUT2D eigenvalue weighted by atomic mass is 10.2. The molecule has 2 aromatic carbocycles. The molecule has 0 fully saturated rings. The van der Waals surface area contributed by atoms with Crippen molar-refractivity contribution in [3.05, 3.63) is 69.2 Å². The number of amides is 1. The third-order valence-corrected chi connectivity index (χ3v) is 3.23. The number of carbonyl (C=O) groups excluding carboxylic acids is 1. The summed E-state index contributed by atoms with van der Waals surface area (Å²) in [5.41, 5.74) is 3.73. The standard InChI is InChI=1S/C14H10BrClN2O/c15-11-7-5-10(6-8-11)9-17-18-14(19)12-3-1-2-4-13(12)16/h1-9H,(H,18,19)/b17-9-. The van der Waals surface area contributed by atoms with E-state index in [2.05, 4.69) is 26.5 Å². The first-order chi connectivity index (χ1) is 9.16. The van der Waals surface area contributed by atoms with Crippen LogP contribution in [0.2, 0.25) is 5.02 Å². The van der Waals surface area contributed by atoms with Crippen LogP contribution < -0.4 is 5.43 Å². The molecule has 0 unspecified atom stereocenters. The molecule has 0 aromatic heterocycles. The van der Waals surface area contributed by atoms with Crippen molar-refractivity contribution >= 4 is 39.7 Å². The van der Waals surface area contributed by atoms with E-state index in [1.807, 2.05) is 24.3 Å². The van der Waals surface area contributed by atoms with Gasteiger partial charge >= 0.3 is 0 Å². The number of benzene rings is 2. The quantitative estimate of drug-likeness (QED) is 0.670. The second kappa shape index (κ2) is 6.50. The number of hydrogen-bond acceptors (Lipinski definition) is 2. The predicted molar refractivity (Wildman–Crippen MR) is 80.7 cm³/mol. The summed E-state index contributed by atoms with van der Waals surface area (Å²) < 4.78 is 0.991. The Hall–Kier alpha value is -1.65. The molecule has 0 radical (unpaired) electrons. The zero-order valence-corrected chi connectivity index (χ0v) is 12.1. The molecule has 2 rings (SSSR count). The van der Waals surface area contributed by atoms with Crippen molar-refractivity contribution in [2.24, 2.45) is 5.10 Å². The topological polar surface area (TPSA) is 41.5 Å². The Bertz CT molecular complexity index is 611. The first kappa shape index (κ1) is 13.8. The Labute approximate surface area is 124 Å².